The van der Waals surface area contributed by atoms with E-state index in [9.17, 15) is 0 Å². The molecule has 1 nitrogen and oxygen atoms in total. The predicted octanol–water partition coefficient (Wildman–Crippen LogP) is 7.48. The molecule has 0 amide bonds. The van der Waals surface area contributed by atoms with E-state index in [0.717, 1.165) is 6.61 Å². The average Bonchev–Trinajstić information content (AvgIpc) is 2.49. The van der Waals surface area contributed by atoms with Gasteiger partial charge in [0.2, 0.25) is 0 Å². The third-order valence-corrected chi connectivity index (χ3v) is 12.8. The summed E-state index contributed by atoms with van der Waals surface area (Å²) in [5, 5.41) is 1.74. The zero-order valence-corrected chi connectivity index (χ0v) is 20.9. The Bertz CT molecular complexity index is 337. The van der Waals surface area contributed by atoms with Crippen LogP contribution in [0.1, 0.15) is 79.6 Å². The number of hydrogen-bond donors (Lipinski definition) is 0. The van der Waals surface area contributed by atoms with E-state index in [2.05, 4.69) is 64.4 Å². The van der Waals surface area contributed by atoms with Crippen LogP contribution in [-0.2, 0) is 4.43 Å². The fraction of sp³-hybridized carbons (Fsp3) is 0.900. The summed E-state index contributed by atoms with van der Waals surface area (Å²) in [6.45, 7) is 17.2. The topological polar surface area (TPSA) is 9.23 Å². The summed E-state index contributed by atoms with van der Waals surface area (Å²) in [7, 11) is -1.55. The monoisotopic (exact) mass is 438 g/mol. The zero-order chi connectivity index (χ0) is 18.5. The van der Waals surface area contributed by atoms with Crippen LogP contribution in [0.5, 0.6) is 0 Å². The summed E-state index contributed by atoms with van der Waals surface area (Å²) >= 11 is 2.83. The molecule has 0 aromatic carbocycles. The van der Waals surface area contributed by atoms with E-state index in [0.29, 0.717) is 20.0 Å². The fourth-order valence-electron chi connectivity index (χ4n) is 1.84. The van der Waals surface area contributed by atoms with Crippen molar-refractivity contribution < 1.29 is 4.43 Å². The molecule has 24 heavy (non-hydrogen) atoms. The van der Waals surface area contributed by atoms with Crippen molar-refractivity contribution in [3.63, 3.8) is 0 Å². The molecule has 0 aromatic rings. The van der Waals surface area contributed by atoms with Crippen LogP contribution in [0.3, 0.4) is 0 Å². The first-order chi connectivity index (χ1) is 11.2. The molecule has 0 bridgehead atoms. The van der Waals surface area contributed by atoms with Crippen LogP contribution in [-0.4, -0.2) is 35.6 Å². The summed E-state index contributed by atoms with van der Waals surface area (Å²) in [5.74, 6) is 1.30. The van der Waals surface area contributed by atoms with Crippen LogP contribution in [0.2, 0.25) is 23.5 Å². The number of hydrogen-bond acceptors (Lipinski definition) is 2. The van der Waals surface area contributed by atoms with Gasteiger partial charge in [0.1, 0.15) is 0 Å². The molecular formula is C20H42OSSeSi. The number of allylic oxidation sites excluding steroid dienone is 1. The summed E-state index contributed by atoms with van der Waals surface area (Å²) in [6.07, 6.45) is 9.13. The van der Waals surface area contributed by atoms with Gasteiger partial charge in [0.05, 0.1) is 0 Å². The van der Waals surface area contributed by atoms with Gasteiger partial charge in [-0.3, -0.25) is 0 Å². The van der Waals surface area contributed by atoms with E-state index in [1.165, 1.54) is 56.0 Å². The van der Waals surface area contributed by atoms with E-state index in [4.69, 9.17) is 4.43 Å². The molecule has 0 rings (SSSR count). The molecule has 0 aliphatic carbocycles. The van der Waals surface area contributed by atoms with Crippen molar-refractivity contribution in [3.8, 4) is 0 Å². The van der Waals surface area contributed by atoms with Crippen molar-refractivity contribution in [2.24, 2.45) is 0 Å². The number of rotatable bonds is 14. The second-order valence-corrected chi connectivity index (χ2v) is 16.2. The summed E-state index contributed by atoms with van der Waals surface area (Å²) < 4.78 is 6.30. The Balaban J connectivity index is 4.12. The summed E-state index contributed by atoms with van der Waals surface area (Å²) in [5.41, 5.74) is 0. The molecule has 0 atom stereocenters. The maximum absolute atomic E-state index is 6.30. The van der Waals surface area contributed by atoms with Gasteiger partial charge in [-0.05, 0) is 0 Å². The minimum atomic E-state index is -1.55. The van der Waals surface area contributed by atoms with Gasteiger partial charge < -0.3 is 0 Å². The van der Waals surface area contributed by atoms with E-state index >= 15 is 0 Å². The van der Waals surface area contributed by atoms with Crippen LogP contribution in [0, 0.1) is 0 Å². The molecule has 0 spiro atoms. The molecule has 0 radical (unpaired) electrons. The standard InChI is InChI=1S/C20H42OSSeSi/c1-8-10-16-22-19(18-23-17-11-9-2)14-12-13-15-21-24(6,7)20(3,4)5/h18H,8-17H2,1-7H3/b19-18-. The second-order valence-electron chi connectivity index (χ2n) is 8.08. The Morgan fingerprint density at radius 1 is 1.04 bits per heavy atom. The molecule has 0 fully saturated rings. The van der Waals surface area contributed by atoms with Gasteiger partial charge in [0.25, 0.3) is 0 Å². The van der Waals surface area contributed by atoms with Crippen molar-refractivity contribution >= 4 is 35.0 Å². The van der Waals surface area contributed by atoms with Gasteiger partial charge in [-0.1, -0.05) is 0 Å². The first kappa shape index (κ1) is 24.8. The van der Waals surface area contributed by atoms with Crippen LogP contribution in [0.4, 0.5) is 0 Å². The van der Waals surface area contributed by atoms with Crippen molar-refractivity contribution in [2.75, 3.05) is 12.4 Å². The van der Waals surface area contributed by atoms with Crippen molar-refractivity contribution in [3.05, 3.63) is 9.88 Å². The predicted molar refractivity (Wildman–Crippen MR) is 118 cm³/mol. The van der Waals surface area contributed by atoms with E-state index in [-0.39, 0.29) is 0 Å². The van der Waals surface area contributed by atoms with Gasteiger partial charge in [-0.15, -0.1) is 0 Å². The van der Waals surface area contributed by atoms with Crippen LogP contribution < -0.4 is 0 Å². The van der Waals surface area contributed by atoms with Gasteiger partial charge in [-0.25, -0.2) is 0 Å². The quantitative estimate of drug-likeness (QED) is 0.206. The van der Waals surface area contributed by atoms with Crippen molar-refractivity contribution in [1.82, 2.24) is 0 Å². The number of thioether (sulfide) groups is 1. The van der Waals surface area contributed by atoms with Crippen LogP contribution >= 0.6 is 11.8 Å². The van der Waals surface area contributed by atoms with Gasteiger partial charge in [-0.2, -0.15) is 0 Å². The molecule has 0 aliphatic heterocycles. The minimum absolute atomic E-state index is 0.329. The summed E-state index contributed by atoms with van der Waals surface area (Å²) in [4.78, 5) is 4.24. The zero-order valence-electron chi connectivity index (χ0n) is 17.4. The van der Waals surface area contributed by atoms with Gasteiger partial charge in [0, 0.05) is 0 Å². The van der Waals surface area contributed by atoms with Crippen LogP contribution in [0.25, 0.3) is 0 Å². The molecule has 144 valence electrons. The van der Waals surface area contributed by atoms with E-state index in [1.54, 1.807) is 4.91 Å². The molecule has 0 N–H and O–H groups in total. The molecule has 0 aromatic heterocycles. The first-order valence-corrected chi connectivity index (χ1v) is 15.9. The Hall–Kier alpha value is 0.786. The van der Waals surface area contributed by atoms with Crippen molar-refractivity contribution in [1.29, 1.82) is 0 Å². The number of unbranched alkanes of at least 4 members (excludes halogenated alkanes) is 3. The van der Waals surface area contributed by atoms with Gasteiger partial charge >= 0.3 is 165 Å². The second kappa shape index (κ2) is 13.9. The molecule has 0 saturated heterocycles. The molecule has 0 aliphatic rings. The van der Waals surface area contributed by atoms with Crippen LogP contribution in [0.15, 0.2) is 9.88 Å². The SMILES string of the molecule is CCCCS/C(=C\[Se]CCCC)CCCCO[Si](C)(C)C(C)(C)C. The molecule has 4 heteroatoms. The fourth-order valence-corrected chi connectivity index (χ4v) is 6.60. The van der Waals surface area contributed by atoms with E-state index < -0.39 is 8.32 Å². The normalized spacial score (nSPS) is 13.5. The molecule has 0 unspecified atom stereocenters. The summed E-state index contributed by atoms with van der Waals surface area (Å²) in [6, 6.07) is 0. The third-order valence-electron chi connectivity index (χ3n) is 4.70. The Kier molecular flexibility index (Phi) is 14.4. The average molecular weight is 438 g/mol. The molecule has 0 saturated carbocycles. The maximum atomic E-state index is 6.30. The Morgan fingerprint density at radius 3 is 2.29 bits per heavy atom. The van der Waals surface area contributed by atoms with E-state index in [1.807, 2.05) is 0 Å². The molecular weight excluding hydrogens is 395 g/mol. The Labute approximate surface area is 164 Å². The van der Waals surface area contributed by atoms with Crippen molar-refractivity contribution in [2.45, 2.75) is 103 Å². The molecule has 0 heterocycles. The third kappa shape index (κ3) is 12.2. The first-order valence-electron chi connectivity index (χ1n) is 9.82. The van der Waals surface area contributed by atoms with Gasteiger partial charge in [0.15, 0.2) is 0 Å². The Morgan fingerprint density at radius 2 is 1.71 bits per heavy atom.